The first-order chi connectivity index (χ1) is 10.1. The third-order valence-electron chi connectivity index (χ3n) is 5.54. The molecule has 5 nitrogen and oxygen atoms in total. The van der Waals surface area contributed by atoms with E-state index in [1.807, 2.05) is 0 Å². The zero-order valence-electron chi connectivity index (χ0n) is 13.1. The number of nitrogens with one attached hydrogen (secondary N) is 2. The molecular weight excluding hydrogens is 302 g/mol. The SMILES string of the molecule is Cl.NC(=O)C1CCC(NC(=O)CC2CC3CCC(C2)N3)CC1. The van der Waals surface area contributed by atoms with Gasteiger partial charge in [0.2, 0.25) is 11.8 Å². The molecule has 2 unspecified atom stereocenters. The molecule has 0 spiro atoms. The average molecular weight is 330 g/mol. The highest BCUT2D eigenvalue weighted by atomic mass is 35.5. The summed E-state index contributed by atoms with van der Waals surface area (Å²) in [4.78, 5) is 23.3. The van der Waals surface area contributed by atoms with E-state index in [-0.39, 0.29) is 36.2 Å². The summed E-state index contributed by atoms with van der Waals surface area (Å²) >= 11 is 0. The second-order valence-corrected chi connectivity index (χ2v) is 7.20. The van der Waals surface area contributed by atoms with Crippen LogP contribution in [0.5, 0.6) is 0 Å². The van der Waals surface area contributed by atoms with Gasteiger partial charge >= 0.3 is 0 Å². The van der Waals surface area contributed by atoms with Crippen LogP contribution in [0.3, 0.4) is 0 Å². The van der Waals surface area contributed by atoms with Crippen molar-refractivity contribution in [2.75, 3.05) is 0 Å². The van der Waals surface area contributed by atoms with Crippen molar-refractivity contribution in [3.8, 4) is 0 Å². The van der Waals surface area contributed by atoms with Crippen molar-refractivity contribution in [3.05, 3.63) is 0 Å². The van der Waals surface area contributed by atoms with Gasteiger partial charge in [0, 0.05) is 30.5 Å². The van der Waals surface area contributed by atoms with Crippen molar-refractivity contribution < 1.29 is 9.59 Å². The number of carbonyl (C=O) groups is 2. The molecule has 2 amide bonds. The summed E-state index contributed by atoms with van der Waals surface area (Å²) in [5.41, 5.74) is 5.34. The van der Waals surface area contributed by atoms with Gasteiger partial charge in [-0.1, -0.05) is 0 Å². The van der Waals surface area contributed by atoms with Crippen LogP contribution in [0.4, 0.5) is 0 Å². The van der Waals surface area contributed by atoms with Gasteiger partial charge in [-0.3, -0.25) is 9.59 Å². The van der Waals surface area contributed by atoms with Gasteiger partial charge in [-0.05, 0) is 57.3 Å². The van der Waals surface area contributed by atoms with E-state index in [4.69, 9.17) is 5.73 Å². The van der Waals surface area contributed by atoms with Gasteiger partial charge in [-0.2, -0.15) is 0 Å². The molecule has 1 saturated carbocycles. The van der Waals surface area contributed by atoms with Gasteiger partial charge < -0.3 is 16.4 Å². The molecule has 0 aromatic rings. The highest BCUT2D eigenvalue weighted by Gasteiger charge is 2.34. The number of nitrogens with two attached hydrogens (primary N) is 1. The molecule has 0 aromatic heterocycles. The number of carbonyl (C=O) groups excluding carboxylic acids is 2. The summed E-state index contributed by atoms with van der Waals surface area (Å²) in [7, 11) is 0. The molecule has 126 valence electrons. The molecule has 4 N–H and O–H groups in total. The lowest BCUT2D eigenvalue weighted by molar-refractivity contribution is -0.123. The smallest absolute Gasteiger partial charge is 0.220 e. The van der Waals surface area contributed by atoms with E-state index >= 15 is 0 Å². The first-order valence-electron chi connectivity index (χ1n) is 8.45. The van der Waals surface area contributed by atoms with Crippen LogP contribution in [-0.4, -0.2) is 29.9 Å². The summed E-state index contributed by atoms with van der Waals surface area (Å²) in [6, 6.07) is 1.53. The van der Waals surface area contributed by atoms with Crippen LogP contribution in [0.25, 0.3) is 0 Å². The molecule has 0 radical (unpaired) electrons. The molecule has 3 rings (SSSR count). The third-order valence-corrected chi connectivity index (χ3v) is 5.54. The fraction of sp³-hybridized carbons (Fsp3) is 0.875. The van der Waals surface area contributed by atoms with E-state index in [9.17, 15) is 9.59 Å². The van der Waals surface area contributed by atoms with E-state index in [1.165, 1.54) is 12.8 Å². The minimum absolute atomic E-state index is 0. The first-order valence-corrected chi connectivity index (χ1v) is 8.45. The Morgan fingerprint density at radius 1 is 1.00 bits per heavy atom. The summed E-state index contributed by atoms with van der Waals surface area (Å²) < 4.78 is 0. The molecule has 2 heterocycles. The van der Waals surface area contributed by atoms with E-state index < -0.39 is 0 Å². The predicted molar refractivity (Wildman–Crippen MR) is 87.6 cm³/mol. The number of hydrogen-bond acceptors (Lipinski definition) is 3. The average Bonchev–Trinajstić information content (AvgIpc) is 2.78. The van der Waals surface area contributed by atoms with Crippen LogP contribution in [0.2, 0.25) is 0 Å². The standard InChI is InChI=1S/C16H27N3O2.ClH/c17-16(21)11-1-3-12(4-2-11)19-15(20)9-10-7-13-5-6-14(8-10)18-13;/h10-14,18H,1-9H2,(H2,17,21)(H,19,20);1H. The summed E-state index contributed by atoms with van der Waals surface area (Å²) in [6.07, 6.45) is 8.93. The zero-order valence-corrected chi connectivity index (χ0v) is 13.9. The van der Waals surface area contributed by atoms with Crippen molar-refractivity contribution >= 4 is 24.2 Å². The van der Waals surface area contributed by atoms with Crippen molar-refractivity contribution in [1.82, 2.24) is 10.6 Å². The van der Waals surface area contributed by atoms with E-state index in [0.29, 0.717) is 24.4 Å². The molecular formula is C16H28ClN3O2. The normalized spacial score (nSPS) is 37.2. The van der Waals surface area contributed by atoms with Crippen LogP contribution in [0.15, 0.2) is 0 Å². The molecule has 22 heavy (non-hydrogen) atoms. The van der Waals surface area contributed by atoms with E-state index in [2.05, 4.69) is 10.6 Å². The molecule has 2 atom stereocenters. The van der Waals surface area contributed by atoms with Gasteiger partial charge in [-0.25, -0.2) is 0 Å². The summed E-state index contributed by atoms with van der Waals surface area (Å²) in [5.74, 6) is 0.567. The quantitative estimate of drug-likeness (QED) is 0.730. The minimum atomic E-state index is -0.190. The molecule has 6 heteroatoms. The Labute approximate surface area is 138 Å². The van der Waals surface area contributed by atoms with Crippen LogP contribution in [-0.2, 0) is 9.59 Å². The third kappa shape index (κ3) is 4.35. The lowest BCUT2D eigenvalue weighted by atomic mass is 9.85. The number of fused-ring (bicyclic) bond motifs is 2. The monoisotopic (exact) mass is 329 g/mol. The lowest BCUT2D eigenvalue weighted by Gasteiger charge is -2.30. The Bertz CT molecular complexity index is 398. The minimum Gasteiger partial charge on any atom is -0.369 e. The Kier molecular flexibility index (Phi) is 6.09. The molecule has 2 bridgehead atoms. The summed E-state index contributed by atoms with van der Waals surface area (Å²) in [5, 5.41) is 6.78. The number of hydrogen-bond donors (Lipinski definition) is 3. The van der Waals surface area contributed by atoms with E-state index in [1.54, 1.807) is 0 Å². The largest absolute Gasteiger partial charge is 0.369 e. The topological polar surface area (TPSA) is 84.2 Å². The maximum Gasteiger partial charge on any atom is 0.220 e. The number of amides is 2. The van der Waals surface area contributed by atoms with Crippen molar-refractivity contribution in [2.24, 2.45) is 17.6 Å². The van der Waals surface area contributed by atoms with Crippen LogP contribution < -0.4 is 16.4 Å². The Morgan fingerprint density at radius 3 is 2.14 bits per heavy atom. The molecule has 3 aliphatic rings. The van der Waals surface area contributed by atoms with Gasteiger partial charge in [0.15, 0.2) is 0 Å². The summed E-state index contributed by atoms with van der Waals surface area (Å²) in [6.45, 7) is 0. The number of halogens is 1. The Hall–Kier alpha value is -0.810. The van der Waals surface area contributed by atoms with Gasteiger partial charge in [0.25, 0.3) is 0 Å². The highest BCUT2D eigenvalue weighted by molar-refractivity contribution is 5.85. The maximum absolute atomic E-state index is 12.2. The Morgan fingerprint density at radius 2 is 1.59 bits per heavy atom. The van der Waals surface area contributed by atoms with Gasteiger partial charge in [0.05, 0.1) is 0 Å². The number of piperidine rings is 1. The predicted octanol–water partition coefficient (Wildman–Crippen LogP) is 1.49. The van der Waals surface area contributed by atoms with Gasteiger partial charge in [-0.15, -0.1) is 12.4 Å². The van der Waals surface area contributed by atoms with Gasteiger partial charge in [0.1, 0.15) is 0 Å². The second kappa shape index (κ2) is 7.64. The fourth-order valence-corrected chi connectivity index (χ4v) is 4.41. The lowest BCUT2D eigenvalue weighted by Crippen LogP contribution is -2.42. The first kappa shape index (κ1) is 17.5. The molecule has 2 aliphatic heterocycles. The van der Waals surface area contributed by atoms with Crippen molar-refractivity contribution in [3.63, 3.8) is 0 Å². The van der Waals surface area contributed by atoms with Crippen LogP contribution >= 0.6 is 12.4 Å². The maximum atomic E-state index is 12.2. The molecule has 1 aliphatic carbocycles. The van der Waals surface area contributed by atoms with Crippen molar-refractivity contribution in [1.29, 1.82) is 0 Å². The molecule has 3 fully saturated rings. The van der Waals surface area contributed by atoms with Crippen LogP contribution in [0, 0.1) is 11.8 Å². The fourth-order valence-electron chi connectivity index (χ4n) is 4.41. The second-order valence-electron chi connectivity index (χ2n) is 7.20. The number of rotatable bonds is 4. The molecule has 2 saturated heterocycles. The van der Waals surface area contributed by atoms with E-state index in [0.717, 1.165) is 38.5 Å². The molecule has 0 aromatic carbocycles. The van der Waals surface area contributed by atoms with Crippen molar-refractivity contribution in [2.45, 2.75) is 75.9 Å². The Balaban J connectivity index is 0.00000176. The zero-order chi connectivity index (χ0) is 14.8. The number of primary amides is 1. The van der Waals surface area contributed by atoms with Crippen LogP contribution in [0.1, 0.15) is 57.8 Å². The highest BCUT2D eigenvalue weighted by Crippen LogP contribution is 2.32.